The van der Waals surface area contributed by atoms with Gasteiger partial charge in [0.05, 0.1) is 16.2 Å². The summed E-state index contributed by atoms with van der Waals surface area (Å²) in [7, 11) is 0. The van der Waals surface area contributed by atoms with Gasteiger partial charge in [-0.1, -0.05) is 55.2 Å². The van der Waals surface area contributed by atoms with E-state index in [4.69, 9.17) is 21.7 Å². The second kappa shape index (κ2) is 8.30. The highest BCUT2D eigenvalue weighted by Crippen LogP contribution is 2.36. The van der Waals surface area contributed by atoms with Crippen LogP contribution in [0.15, 0.2) is 70.0 Å². The van der Waals surface area contributed by atoms with Crippen LogP contribution in [0.2, 0.25) is 0 Å². The molecule has 1 aliphatic rings. The average molecular weight is 436 g/mol. The van der Waals surface area contributed by atoms with E-state index in [2.05, 4.69) is 6.92 Å². The van der Waals surface area contributed by atoms with E-state index in [0.717, 1.165) is 12.1 Å². The van der Waals surface area contributed by atoms with Gasteiger partial charge in [0.15, 0.2) is 4.32 Å². The summed E-state index contributed by atoms with van der Waals surface area (Å²) in [4.78, 5) is 26.1. The lowest BCUT2D eigenvalue weighted by Crippen LogP contribution is -2.27. The zero-order chi connectivity index (χ0) is 21.3. The van der Waals surface area contributed by atoms with E-state index in [1.54, 1.807) is 36.4 Å². The maximum atomic E-state index is 12.9. The van der Waals surface area contributed by atoms with Crippen molar-refractivity contribution in [3.63, 3.8) is 0 Å². The number of amides is 1. The Morgan fingerprint density at radius 2 is 1.93 bits per heavy atom. The molecule has 0 aliphatic carbocycles. The fraction of sp³-hybridized carbons (Fsp3) is 0.0870. The molecule has 3 aromatic rings. The van der Waals surface area contributed by atoms with Gasteiger partial charge in [0.2, 0.25) is 0 Å². The minimum Gasteiger partial charge on any atom is -0.478 e. The number of furan rings is 1. The van der Waals surface area contributed by atoms with Gasteiger partial charge < -0.3 is 9.52 Å². The predicted molar refractivity (Wildman–Crippen MR) is 123 cm³/mol. The molecule has 1 saturated heterocycles. The molecular weight excluding hydrogens is 418 g/mol. The highest BCUT2D eigenvalue weighted by atomic mass is 32.2. The molecule has 1 aromatic heterocycles. The quantitative estimate of drug-likeness (QED) is 0.415. The second-order valence-electron chi connectivity index (χ2n) is 6.63. The molecule has 7 heteroatoms. The molecule has 0 spiro atoms. The number of rotatable bonds is 5. The van der Waals surface area contributed by atoms with E-state index in [1.165, 1.54) is 28.3 Å². The Morgan fingerprint density at radius 1 is 1.17 bits per heavy atom. The number of carboxylic acid groups (broad SMARTS) is 1. The van der Waals surface area contributed by atoms with Crippen LogP contribution in [0.3, 0.4) is 0 Å². The summed E-state index contributed by atoms with van der Waals surface area (Å²) in [6.07, 6.45) is 2.58. The lowest BCUT2D eigenvalue weighted by Gasteiger charge is -2.14. The molecule has 0 saturated carbocycles. The van der Waals surface area contributed by atoms with Gasteiger partial charge in [-0.15, -0.1) is 0 Å². The Kier molecular flexibility index (Phi) is 5.57. The fourth-order valence-corrected chi connectivity index (χ4v) is 4.37. The van der Waals surface area contributed by atoms with E-state index < -0.39 is 5.97 Å². The molecule has 1 fully saturated rings. The van der Waals surface area contributed by atoms with E-state index >= 15 is 0 Å². The van der Waals surface area contributed by atoms with E-state index in [1.807, 2.05) is 24.3 Å². The molecule has 0 unspecified atom stereocenters. The number of aromatic carboxylic acids is 1. The Labute approximate surface area is 183 Å². The normalized spacial score (nSPS) is 15.2. The van der Waals surface area contributed by atoms with Crippen LogP contribution in [0.4, 0.5) is 5.69 Å². The minimum absolute atomic E-state index is 0.181. The van der Waals surface area contributed by atoms with Gasteiger partial charge in [-0.3, -0.25) is 9.69 Å². The van der Waals surface area contributed by atoms with Crippen LogP contribution in [-0.4, -0.2) is 21.3 Å². The highest BCUT2D eigenvalue weighted by Gasteiger charge is 2.33. The minimum atomic E-state index is -1.00. The fourth-order valence-electron chi connectivity index (χ4n) is 3.09. The van der Waals surface area contributed by atoms with Gasteiger partial charge in [0, 0.05) is 11.6 Å². The Morgan fingerprint density at radius 3 is 2.63 bits per heavy atom. The third-order valence-electron chi connectivity index (χ3n) is 4.69. The SMILES string of the molecule is CCc1ccc(N2C(=O)C(=Cc3ccc(-c4cccc(C(=O)O)c4)o3)SC2=S)cc1. The van der Waals surface area contributed by atoms with Crippen LogP contribution in [0, 0.1) is 0 Å². The van der Waals surface area contributed by atoms with Crippen LogP contribution in [-0.2, 0) is 11.2 Å². The van der Waals surface area contributed by atoms with Crippen molar-refractivity contribution in [2.75, 3.05) is 4.90 Å². The Balaban J connectivity index is 1.58. The Hall–Kier alpha value is -3.16. The molecule has 4 rings (SSSR count). The van der Waals surface area contributed by atoms with Crippen molar-refractivity contribution in [3.05, 3.63) is 82.5 Å². The molecular formula is C23H17NO4S2. The molecule has 0 atom stereocenters. The average Bonchev–Trinajstić information content (AvgIpc) is 3.33. The van der Waals surface area contributed by atoms with Crippen LogP contribution in [0.25, 0.3) is 17.4 Å². The van der Waals surface area contributed by atoms with Crippen molar-refractivity contribution in [2.24, 2.45) is 0 Å². The zero-order valence-electron chi connectivity index (χ0n) is 16.0. The zero-order valence-corrected chi connectivity index (χ0v) is 17.6. The van der Waals surface area contributed by atoms with Crippen LogP contribution in [0.5, 0.6) is 0 Å². The molecule has 2 heterocycles. The predicted octanol–water partition coefficient (Wildman–Crippen LogP) is 5.61. The first-order chi connectivity index (χ1) is 14.5. The number of anilines is 1. The highest BCUT2D eigenvalue weighted by molar-refractivity contribution is 8.27. The number of carboxylic acids is 1. The Bertz CT molecular complexity index is 1180. The number of aryl methyl sites for hydroxylation is 1. The van der Waals surface area contributed by atoms with E-state index in [9.17, 15) is 9.59 Å². The standard InChI is InChI=1S/C23H17NO4S2/c1-2-14-6-8-17(9-7-14)24-21(25)20(30-23(24)29)13-18-10-11-19(28-18)15-4-3-5-16(12-15)22(26)27/h3-13H,2H2,1H3,(H,26,27). The molecule has 150 valence electrons. The van der Waals surface area contributed by atoms with Crippen molar-refractivity contribution in [3.8, 4) is 11.3 Å². The lowest BCUT2D eigenvalue weighted by atomic mass is 10.1. The first-order valence-electron chi connectivity index (χ1n) is 9.26. The summed E-state index contributed by atoms with van der Waals surface area (Å²) in [5.74, 6) is -0.179. The van der Waals surface area contributed by atoms with Crippen LogP contribution >= 0.6 is 24.0 Å². The molecule has 1 amide bonds. The summed E-state index contributed by atoms with van der Waals surface area (Å²) in [6, 6.07) is 17.8. The summed E-state index contributed by atoms with van der Waals surface area (Å²) in [6.45, 7) is 2.08. The summed E-state index contributed by atoms with van der Waals surface area (Å²) >= 11 is 6.64. The first kappa shape index (κ1) is 20.1. The molecule has 1 N–H and O–H groups in total. The number of hydrogen-bond donors (Lipinski definition) is 1. The molecule has 2 aromatic carbocycles. The molecule has 0 radical (unpaired) electrons. The second-order valence-corrected chi connectivity index (χ2v) is 8.30. The van der Waals surface area contributed by atoms with E-state index in [-0.39, 0.29) is 11.5 Å². The summed E-state index contributed by atoms with van der Waals surface area (Å²) < 4.78 is 6.29. The van der Waals surface area contributed by atoms with Crippen molar-refractivity contribution in [1.82, 2.24) is 0 Å². The maximum Gasteiger partial charge on any atom is 0.335 e. The van der Waals surface area contributed by atoms with Crippen molar-refractivity contribution < 1.29 is 19.1 Å². The van der Waals surface area contributed by atoms with Gasteiger partial charge >= 0.3 is 5.97 Å². The molecule has 5 nitrogen and oxygen atoms in total. The summed E-state index contributed by atoms with van der Waals surface area (Å²) in [5, 5.41) is 9.16. The number of carbonyl (C=O) groups excluding carboxylic acids is 1. The number of thiocarbonyl (C=S) groups is 1. The number of carbonyl (C=O) groups is 2. The smallest absolute Gasteiger partial charge is 0.335 e. The topological polar surface area (TPSA) is 70.8 Å². The first-order valence-corrected chi connectivity index (χ1v) is 10.5. The number of hydrogen-bond acceptors (Lipinski definition) is 5. The van der Waals surface area contributed by atoms with Gasteiger partial charge in [-0.2, -0.15) is 0 Å². The molecule has 30 heavy (non-hydrogen) atoms. The van der Waals surface area contributed by atoms with Gasteiger partial charge in [0.1, 0.15) is 11.5 Å². The monoisotopic (exact) mass is 435 g/mol. The third kappa shape index (κ3) is 3.94. The van der Waals surface area contributed by atoms with Crippen molar-refractivity contribution >= 4 is 51.9 Å². The van der Waals surface area contributed by atoms with Gasteiger partial charge in [-0.25, -0.2) is 4.79 Å². The van der Waals surface area contributed by atoms with Crippen LogP contribution in [0.1, 0.15) is 28.6 Å². The van der Waals surface area contributed by atoms with E-state index in [0.29, 0.717) is 26.3 Å². The molecule has 1 aliphatic heterocycles. The largest absolute Gasteiger partial charge is 0.478 e. The molecule has 0 bridgehead atoms. The number of thioether (sulfide) groups is 1. The van der Waals surface area contributed by atoms with Gasteiger partial charge in [-0.05, 0) is 48.4 Å². The maximum absolute atomic E-state index is 12.9. The number of benzene rings is 2. The number of nitrogens with zero attached hydrogens (tertiary/aromatic N) is 1. The van der Waals surface area contributed by atoms with Crippen LogP contribution < -0.4 is 4.90 Å². The lowest BCUT2D eigenvalue weighted by molar-refractivity contribution is -0.113. The van der Waals surface area contributed by atoms with Crippen molar-refractivity contribution in [1.29, 1.82) is 0 Å². The van der Waals surface area contributed by atoms with Crippen molar-refractivity contribution in [2.45, 2.75) is 13.3 Å². The third-order valence-corrected chi connectivity index (χ3v) is 5.99. The summed E-state index contributed by atoms with van der Waals surface area (Å²) in [5.41, 5.74) is 2.76. The van der Waals surface area contributed by atoms with Gasteiger partial charge in [0.25, 0.3) is 5.91 Å².